The molecule has 0 radical (unpaired) electrons. The van der Waals surface area contributed by atoms with Crippen molar-refractivity contribution in [3.05, 3.63) is 64.3 Å². The fourth-order valence-electron chi connectivity index (χ4n) is 4.32. The summed E-state index contributed by atoms with van der Waals surface area (Å²) in [6.07, 6.45) is 1.20. The number of carbonyl (C=O) groups excluding carboxylic acids is 1. The van der Waals surface area contributed by atoms with E-state index in [0.717, 1.165) is 31.9 Å². The average molecular weight is 498 g/mol. The van der Waals surface area contributed by atoms with Crippen molar-refractivity contribution in [2.75, 3.05) is 53.2 Å². The summed E-state index contributed by atoms with van der Waals surface area (Å²) in [7, 11) is 1.88. The Morgan fingerprint density at radius 1 is 1.06 bits per heavy atom. The molecule has 1 aromatic heterocycles. The molecule has 0 saturated carbocycles. The van der Waals surface area contributed by atoms with Crippen LogP contribution in [-0.2, 0) is 0 Å². The fourth-order valence-corrected chi connectivity index (χ4v) is 4.90. The number of amides is 1. The molecule has 2 N–H and O–H groups in total. The van der Waals surface area contributed by atoms with Gasteiger partial charge in [0.1, 0.15) is 17.5 Å². The molecule has 3 aromatic rings. The minimum atomic E-state index is -0.349. The topological polar surface area (TPSA) is 76.6 Å². The van der Waals surface area contributed by atoms with Crippen LogP contribution < -0.4 is 25.3 Å². The Bertz CT molecular complexity index is 1190. The van der Waals surface area contributed by atoms with Gasteiger partial charge in [0.05, 0.1) is 15.7 Å². The van der Waals surface area contributed by atoms with Crippen molar-refractivity contribution in [2.24, 2.45) is 0 Å². The van der Waals surface area contributed by atoms with E-state index in [2.05, 4.69) is 37.6 Å². The van der Waals surface area contributed by atoms with Crippen molar-refractivity contribution in [3.63, 3.8) is 0 Å². The first-order valence-corrected chi connectivity index (χ1v) is 11.9. The molecule has 8 nitrogen and oxygen atoms in total. The number of benzene rings is 2. The van der Waals surface area contributed by atoms with Crippen molar-refractivity contribution in [3.8, 4) is 0 Å². The Kier molecular flexibility index (Phi) is 6.20. The number of hydrogen-bond acceptors (Lipinski definition) is 7. The number of halogens is 2. The highest BCUT2D eigenvalue weighted by molar-refractivity contribution is 6.40. The van der Waals surface area contributed by atoms with Crippen LogP contribution in [0.3, 0.4) is 0 Å². The molecule has 1 atom stereocenters. The zero-order valence-electron chi connectivity index (χ0n) is 18.9. The summed E-state index contributed by atoms with van der Waals surface area (Å²) >= 11 is 12.8. The number of nitrogens with zero attached hydrogens (tertiary/aromatic N) is 5. The molecule has 1 fully saturated rings. The van der Waals surface area contributed by atoms with E-state index < -0.39 is 0 Å². The van der Waals surface area contributed by atoms with Gasteiger partial charge in [-0.1, -0.05) is 29.3 Å². The van der Waals surface area contributed by atoms with Gasteiger partial charge < -0.3 is 20.4 Å². The Morgan fingerprint density at radius 2 is 1.74 bits per heavy atom. The van der Waals surface area contributed by atoms with E-state index in [1.165, 1.54) is 5.69 Å². The highest BCUT2D eigenvalue weighted by Crippen LogP contribution is 2.39. The predicted octanol–water partition coefficient (Wildman–Crippen LogP) is 4.38. The smallest absolute Gasteiger partial charge is 0.265 e. The Balaban J connectivity index is 1.39. The van der Waals surface area contributed by atoms with E-state index in [1.807, 2.05) is 31.0 Å². The number of nitrogens with one attached hydrogen (secondary N) is 2. The first kappa shape index (κ1) is 22.7. The fraction of sp³-hybridized carbons (Fsp3) is 0.292. The first-order valence-electron chi connectivity index (χ1n) is 11.1. The second-order valence-electron chi connectivity index (χ2n) is 8.33. The molecule has 5 rings (SSSR count). The number of fused-ring (bicyclic) bond motifs is 1. The van der Waals surface area contributed by atoms with Crippen LogP contribution in [0.15, 0.2) is 48.7 Å². The molecule has 2 aromatic carbocycles. The normalized spacial score (nSPS) is 18.2. The van der Waals surface area contributed by atoms with E-state index in [0.29, 0.717) is 33.1 Å². The number of anilines is 5. The molecule has 1 unspecified atom stereocenters. The molecule has 2 aliphatic rings. The lowest BCUT2D eigenvalue weighted by Crippen LogP contribution is -2.53. The molecule has 0 spiro atoms. The van der Waals surface area contributed by atoms with E-state index in [1.54, 1.807) is 29.3 Å². The van der Waals surface area contributed by atoms with Gasteiger partial charge >= 0.3 is 0 Å². The van der Waals surface area contributed by atoms with Gasteiger partial charge in [-0.3, -0.25) is 9.69 Å². The number of carbonyl (C=O) groups is 1. The number of aromatic nitrogens is 2. The molecule has 34 heavy (non-hydrogen) atoms. The van der Waals surface area contributed by atoms with Crippen molar-refractivity contribution in [1.29, 1.82) is 0 Å². The molecule has 1 saturated heterocycles. The minimum absolute atomic E-state index is 0.248. The van der Waals surface area contributed by atoms with E-state index >= 15 is 0 Å². The monoisotopic (exact) mass is 497 g/mol. The van der Waals surface area contributed by atoms with E-state index in [9.17, 15) is 4.79 Å². The van der Waals surface area contributed by atoms with Gasteiger partial charge in [-0.05, 0) is 43.3 Å². The lowest BCUT2D eigenvalue weighted by Gasteiger charge is -2.41. The summed E-state index contributed by atoms with van der Waals surface area (Å²) in [5.74, 6) is 0.721. The van der Waals surface area contributed by atoms with Crippen LogP contribution in [0.2, 0.25) is 10.0 Å². The number of hydrogen-bond donors (Lipinski definition) is 2. The standard InChI is InChI=1S/C24H25Cl2N7O/c1-15-31(2)22-18(23(34)33(15)21-19(25)4-3-5-20(21)26)14-28-24(30-22)29-16-6-8-17(9-7-16)32-12-10-27-11-13-32/h3-9,14-15,27H,10-13H2,1-2H3,(H,28,29,30). The highest BCUT2D eigenvalue weighted by atomic mass is 35.5. The Hall–Kier alpha value is -3.07. The van der Waals surface area contributed by atoms with Gasteiger partial charge in [-0.15, -0.1) is 0 Å². The summed E-state index contributed by atoms with van der Waals surface area (Å²) in [5.41, 5.74) is 2.93. The third-order valence-corrected chi connectivity index (χ3v) is 6.88. The van der Waals surface area contributed by atoms with E-state index in [-0.39, 0.29) is 12.1 Å². The third kappa shape index (κ3) is 4.13. The summed E-state index contributed by atoms with van der Waals surface area (Å²) in [6.45, 7) is 5.89. The maximum Gasteiger partial charge on any atom is 0.265 e. The first-order chi connectivity index (χ1) is 16.4. The van der Waals surface area contributed by atoms with Gasteiger partial charge in [0.25, 0.3) is 5.91 Å². The highest BCUT2D eigenvalue weighted by Gasteiger charge is 2.37. The second-order valence-corrected chi connectivity index (χ2v) is 9.14. The second kappa shape index (κ2) is 9.29. The molecule has 0 aliphatic carbocycles. The van der Waals surface area contributed by atoms with Crippen LogP contribution in [-0.4, -0.2) is 55.3 Å². The molecule has 10 heteroatoms. The zero-order chi connectivity index (χ0) is 23.8. The summed E-state index contributed by atoms with van der Waals surface area (Å²) in [6, 6.07) is 13.4. The van der Waals surface area contributed by atoms with Crippen LogP contribution >= 0.6 is 23.2 Å². The van der Waals surface area contributed by atoms with Gasteiger partial charge in [-0.2, -0.15) is 4.98 Å². The zero-order valence-corrected chi connectivity index (χ0v) is 20.4. The molecule has 3 heterocycles. The predicted molar refractivity (Wildman–Crippen MR) is 138 cm³/mol. The van der Waals surface area contributed by atoms with Gasteiger partial charge in [-0.25, -0.2) is 4.98 Å². The Morgan fingerprint density at radius 3 is 2.41 bits per heavy atom. The minimum Gasteiger partial charge on any atom is -0.369 e. The van der Waals surface area contributed by atoms with Gasteiger partial charge in [0.15, 0.2) is 0 Å². The molecule has 2 aliphatic heterocycles. The Labute approximate surface area is 208 Å². The van der Waals surface area contributed by atoms with Crippen LogP contribution in [0, 0.1) is 0 Å². The van der Waals surface area contributed by atoms with Crippen LogP contribution in [0.4, 0.5) is 28.8 Å². The van der Waals surface area contributed by atoms with Gasteiger partial charge in [0.2, 0.25) is 5.95 Å². The summed E-state index contributed by atoms with van der Waals surface area (Å²) < 4.78 is 0. The lowest BCUT2D eigenvalue weighted by molar-refractivity contribution is 0.0971. The van der Waals surface area contributed by atoms with Crippen molar-refractivity contribution in [2.45, 2.75) is 13.1 Å². The lowest BCUT2D eigenvalue weighted by atomic mass is 10.1. The van der Waals surface area contributed by atoms with Gasteiger partial charge in [0, 0.05) is 50.8 Å². The van der Waals surface area contributed by atoms with Crippen molar-refractivity contribution < 1.29 is 4.79 Å². The third-order valence-electron chi connectivity index (χ3n) is 6.27. The molecule has 0 bridgehead atoms. The molecule has 1 amide bonds. The van der Waals surface area contributed by atoms with Crippen molar-refractivity contribution in [1.82, 2.24) is 15.3 Å². The quantitative estimate of drug-likeness (QED) is 0.553. The molecular formula is C24H25Cl2N7O. The number of para-hydroxylation sites is 1. The van der Waals surface area contributed by atoms with Crippen LogP contribution in [0.5, 0.6) is 0 Å². The number of rotatable bonds is 4. The van der Waals surface area contributed by atoms with Crippen LogP contribution in [0.1, 0.15) is 17.3 Å². The molecular weight excluding hydrogens is 473 g/mol. The average Bonchev–Trinajstić information content (AvgIpc) is 2.85. The summed E-state index contributed by atoms with van der Waals surface area (Å²) in [4.78, 5) is 28.3. The number of piperazine rings is 1. The van der Waals surface area contributed by atoms with Crippen molar-refractivity contribution >= 4 is 57.9 Å². The SMILES string of the molecule is CC1N(C)c2nc(Nc3ccc(N4CCNCC4)cc3)ncc2C(=O)N1c1c(Cl)cccc1Cl. The van der Waals surface area contributed by atoms with Crippen LogP contribution in [0.25, 0.3) is 0 Å². The largest absolute Gasteiger partial charge is 0.369 e. The summed E-state index contributed by atoms with van der Waals surface area (Å²) in [5, 5.41) is 7.44. The van der Waals surface area contributed by atoms with E-state index in [4.69, 9.17) is 23.2 Å². The molecule has 176 valence electrons. The maximum absolute atomic E-state index is 13.4. The maximum atomic E-state index is 13.4.